The molecular formula is C14H20ClN3O2. The molecule has 0 radical (unpaired) electrons. The lowest BCUT2D eigenvalue weighted by Gasteiger charge is -2.36. The highest BCUT2D eigenvalue weighted by Crippen LogP contribution is 2.19. The fraction of sp³-hybridized carbons (Fsp3) is 0.500. The summed E-state index contributed by atoms with van der Waals surface area (Å²) < 4.78 is 5.18. The van der Waals surface area contributed by atoms with Crippen molar-refractivity contribution in [2.75, 3.05) is 50.8 Å². The number of amides is 1. The number of piperazine rings is 1. The van der Waals surface area contributed by atoms with Gasteiger partial charge < -0.3 is 20.3 Å². The smallest absolute Gasteiger partial charge is 0.248 e. The summed E-state index contributed by atoms with van der Waals surface area (Å²) in [4.78, 5) is 16.0. The molecular weight excluding hydrogens is 278 g/mol. The van der Waals surface area contributed by atoms with Crippen LogP contribution in [0.1, 0.15) is 0 Å². The van der Waals surface area contributed by atoms with E-state index in [9.17, 15) is 4.79 Å². The maximum absolute atomic E-state index is 11.9. The van der Waals surface area contributed by atoms with Gasteiger partial charge in [-0.25, -0.2) is 0 Å². The number of carbonyl (C=O) groups is 1. The Hall–Kier alpha value is -1.30. The van der Waals surface area contributed by atoms with Gasteiger partial charge in [0.05, 0.1) is 6.61 Å². The average Bonchev–Trinajstić information content (AvgIpc) is 2.48. The van der Waals surface area contributed by atoms with E-state index in [0.717, 1.165) is 23.8 Å². The molecule has 1 aliphatic rings. The number of anilines is 1. The minimum atomic E-state index is 0.0363. The van der Waals surface area contributed by atoms with E-state index in [1.165, 1.54) is 0 Å². The van der Waals surface area contributed by atoms with Gasteiger partial charge in [0.15, 0.2) is 0 Å². The van der Waals surface area contributed by atoms with Crippen molar-refractivity contribution in [2.45, 2.75) is 0 Å². The van der Waals surface area contributed by atoms with Crippen LogP contribution in [0.3, 0.4) is 0 Å². The summed E-state index contributed by atoms with van der Waals surface area (Å²) >= 11 is 5.88. The summed E-state index contributed by atoms with van der Waals surface area (Å²) in [6, 6.07) is 7.78. The van der Waals surface area contributed by atoms with Crippen molar-refractivity contribution >= 4 is 23.2 Å². The van der Waals surface area contributed by atoms with E-state index < -0.39 is 0 Å². The average molecular weight is 298 g/mol. The van der Waals surface area contributed by atoms with Gasteiger partial charge >= 0.3 is 0 Å². The number of carbonyl (C=O) groups excluding carboxylic acids is 1. The highest BCUT2D eigenvalue weighted by molar-refractivity contribution is 6.30. The van der Waals surface area contributed by atoms with Crippen LogP contribution in [0.15, 0.2) is 24.3 Å². The van der Waals surface area contributed by atoms with Gasteiger partial charge in [0.25, 0.3) is 0 Å². The first kappa shape index (κ1) is 15.1. The molecule has 0 spiro atoms. The van der Waals surface area contributed by atoms with Gasteiger partial charge in [-0.05, 0) is 24.3 Å². The zero-order valence-electron chi connectivity index (χ0n) is 11.4. The fourth-order valence-electron chi connectivity index (χ4n) is 2.20. The predicted molar refractivity (Wildman–Crippen MR) is 80.1 cm³/mol. The Morgan fingerprint density at radius 1 is 1.20 bits per heavy atom. The topological polar surface area (TPSA) is 58.8 Å². The molecule has 1 aromatic carbocycles. The summed E-state index contributed by atoms with van der Waals surface area (Å²) in [5, 5.41) is 0.736. The Balaban J connectivity index is 1.80. The van der Waals surface area contributed by atoms with Crippen molar-refractivity contribution in [3.05, 3.63) is 29.3 Å². The number of ether oxygens (including phenoxy) is 1. The van der Waals surface area contributed by atoms with Crippen molar-refractivity contribution in [3.8, 4) is 0 Å². The molecule has 0 aliphatic carbocycles. The van der Waals surface area contributed by atoms with Gasteiger partial charge in [-0.1, -0.05) is 11.6 Å². The molecule has 0 atom stereocenters. The third kappa shape index (κ3) is 4.10. The van der Waals surface area contributed by atoms with Gasteiger partial charge in [-0.3, -0.25) is 4.79 Å². The maximum Gasteiger partial charge on any atom is 0.248 e. The Morgan fingerprint density at radius 3 is 2.45 bits per heavy atom. The van der Waals surface area contributed by atoms with E-state index in [4.69, 9.17) is 22.1 Å². The molecule has 1 fully saturated rings. The molecule has 6 heteroatoms. The van der Waals surface area contributed by atoms with Crippen molar-refractivity contribution in [1.82, 2.24) is 4.90 Å². The lowest BCUT2D eigenvalue weighted by atomic mass is 10.2. The molecule has 1 aromatic rings. The van der Waals surface area contributed by atoms with Crippen LogP contribution in [0.4, 0.5) is 5.69 Å². The van der Waals surface area contributed by atoms with E-state index in [-0.39, 0.29) is 12.5 Å². The van der Waals surface area contributed by atoms with Crippen molar-refractivity contribution in [3.63, 3.8) is 0 Å². The Morgan fingerprint density at radius 2 is 1.85 bits per heavy atom. The van der Waals surface area contributed by atoms with Crippen molar-refractivity contribution in [1.29, 1.82) is 0 Å². The minimum Gasteiger partial charge on any atom is -0.370 e. The van der Waals surface area contributed by atoms with Crippen LogP contribution in [-0.2, 0) is 9.53 Å². The first-order valence-electron chi connectivity index (χ1n) is 6.77. The summed E-state index contributed by atoms with van der Waals surface area (Å²) in [5.41, 5.74) is 6.46. The van der Waals surface area contributed by atoms with Crippen LogP contribution in [0, 0.1) is 0 Å². The molecule has 0 bridgehead atoms. The third-order valence-electron chi connectivity index (χ3n) is 3.31. The minimum absolute atomic E-state index is 0.0363. The van der Waals surface area contributed by atoms with E-state index in [1.807, 2.05) is 29.2 Å². The molecule has 1 amide bonds. The van der Waals surface area contributed by atoms with E-state index >= 15 is 0 Å². The number of halogens is 1. The quantitative estimate of drug-likeness (QED) is 0.823. The lowest BCUT2D eigenvalue weighted by molar-refractivity contribution is -0.136. The molecule has 0 aromatic heterocycles. The standard InChI is InChI=1S/C14H20ClN3O2/c15-12-1-3-13(4-2-12)17-6-8-18(9-7-17)14(19)11-20-10-5-16/h1-4H,5-11,16H2. The number of rotatable bonds is 5. The Labute approximate surface area is 124 Å². The van der Waals surface area contributed by atoms with E-state index in [0.29, 0.717) is 26.2 Å². The van der Waals surface area contributed by atoms with Crippen molar-refractivity contribution in [2.24, 2.45) is 5.73 Å². The SMILES string of the molecule is NCCOCC(=O)N1CCN(c2ccc(Cl)cc2)CC1. The second-order valence-corrected chi connectivity index (χ2v) is 5.12. The number of nitrogens with two attached hydrogens (primary N) is 1. The summed E-state index contributed by atoms with van der Waals surface area (Å²) in [6.07, 6.45) is 0. The monoisotopic (exact) mass is 297 g/mol. The third-order valence-corrected chi connectivity index (χ3v) is 3.56. The summed E-state index contributed by atoms with van der Waals surface area (Å²) in [6.45, 7) is 4.07. The molecule has 2 N–H and O–H groups in total. The zero-order chi connectivity index (χ0) is 14.4. The molecule has 1 aliphatic heterocycles. The molecule has 110 valence electrons. The first-order valence-corrected chi connectivity index (χ1v) is 7.14. The summed E-state index contributed by atoms with van der Waals surface area (Å²) in [7, 11) is 0. The second kappa shape index (κ2) is 7.47. The first-order chi connectivity index (χ1) is 9.70. The largest absolute Gasteiger partial charge is 0.370 e. The van der Waals surface area contributed by atoms with Gasteiger partial charge in [0, 0.05) is 43.4 Å². The number of hydrogen-bond acceptors (Lipinski definition) is 4. The van der Waals surface area contributed by atoms with E-state index in [1.54, 1.807) is 0 Å². The number of hydrogen-bond donors (Lipinski definition) is 1. The predicted octanol–water partition coefficient (Wildman–Crippen LogP) is 0.964. The highest BCUT2D eigenvalue weighted by Gasteiger charge is 2.21. The van der Waals surface area contributed by atoms with Crippen LogP contribution in [-0.4, -0.2) is 56.7 Å². The Bertz CT molecular complexity index is 431. The second-order valence-electron chi connectivity index (χ2n) is 4.69. The van der Waals surface area contributed by atoms with Crippen LogP contribution < -0.4 is 10.6 Å². The highest BCUT2D eigenvalue weighted by atomic mass is 35.5. The van der Waals surface area contributed by atoms with Gasteiger partial charge in [0.2, 0.25) is 5.91 Å². The van der Waals surface area contributed by atoms with E-state index in [2.05, 4.69) is 4.90 Å². The molecule has 2 rings (SSSR count). The summed E-state index contributed by atoms with van der Waals surface area (Å²) in [5.74, 6) is 0.0363. The molecule has 1 heterocycles. The number of benzene rings is 1. The lowest BCUT2D eigenvalue weighted by Crippen LogP contribution is -2.49. The van der Waals surface area contributed by atoms with Crippen LogP contribution >= 0.6 is 11.6 Å². The fourth-order valence-corrected chi connectivity index (χ4v) is 2.33. The molecule has 0 unspecified atom stereocenters. The van der Waals surface area contributed by atoms with Gasteiger partial charge in [-0.15, -0.1) is 0 Å². The molecule has 5 nitrogen and oxygen atoms in total. The number of nitrogens with zero attached hydrogens (tertiary/aromatic N) is 2. The molecule has 20 heavy (non-hydrogen) atoms. The molecule has 1 saturated heterocycles. The zero-order valence-corrected chi connectivity index (χ0v) is 12.2. The van der Waals surface area contributed by atoms with Crippen LogP contribution in [0.2, 0.25) is 5.02 Å². The van der Waals surface area contributed by atoms with Gasteiger partial charge in [-0.2, -0.15) is 0 Å². The normalized spacial score (nSPS) is 15.5. The maximum atomic E-state index is 11.9. The molecule has 0 saturated carbocycles. The van der Waals surface area contributed by atoms with Gasteiger partial charge in [0.1, 0.15) is 6.61 Å². The van der Waals surface area contributed by atoms with Crippen molar-refractivity contribution < 1.29 is 9.53 Å². The van der Waals surface area contributed by atoms with Crippen LogP contribution in [0.5, 0.6) is 0 Å². The van der Waals surface area contributed by atoms with Crippen LogP contribution in [0.25, 0.3) is 0 Å². The Kier molecular flexibility index (Phi) is 5.64.